The summed E-state index contributed by atoms with van der Waals surface area (Å²) in [7, 11) is 0. The van der Waals surface area contributed by atoms with E-state index >= 15 is 0 Å². The molecular weight excluding hydrogens is 400 g/mol. The number of anilines is 1. The first-order valence-corrected chi connectivity index (χ1v) is 10.5. The summed E-state index contributed by atoms with van der Waals surface area (Å²) >= 11 is 7.40. The lowest BCUT2D eigenvalue weighted by Crippen LogP contribution is -2.28. The third-order valence-electron chi connectivity index (χ3n) is 5.10. The van der Waals surface area contributed by atoms with Crippen LogP contribution in [0.4, 0.5) is 5.82 Å². The van der Waals surface area contributed by atoms with Crippen molar-refractivity contribution >= 4 is 40.3 Å². The fraction of sp³-hybridized carbons (Fsp3) is 0.444. The Kier molecular flexibility index (Phi) is 4.62. The van der Waals surface area contributed by atoms with Gasteiger partial charge in [-0.3, -0.25) is 0 Å². The fourth-order valence-corrected chi connectivity index (χ4v) is 4.29. The highest BCUT2D eigenvalue weighted by molar-refractivity contribution is 7.99. The summed E-state index contributed by atoms with van der Waals surface area (Å²) in [6.07, 6.45) is 1.72. The number of hydrogen-bond acceptors (Lipinski definition) is 8. The van der Waals surface area contributed by atoms with Crippen molar-refractivity contribution in [3.05, 3.63) is 29.3 Å². The average molecular weight is 419 g/mol. The third-order valence-corrected chi connectivity index (χ3v) is 6.23. The molecule has 0 spiro atoms. The second-order valence-corrected chi connectivity index (χ2v) is 8.72. The number of nitrogens with zero attached hydrogens (tertiary/aromatic N) is 5. The summed E-state index contributed by atoms with van der Waals surface area (Å²) < 4.78 is 1.63. The Labute approximate surface area is 170 Å². The summed E-state index contributed by atoms with van der Waals surface area (Å²) in [4.78, 5) is 10.3. The summed E-state index contributed by atoms with van der Waals surface area (Å²) in [6, 6.07) is 7.54. The Hall–Kier alpha value is -1.94. The van der Waals surface area contributed by atoms with Gasteiger partial charge in [0.25, 0.3) is 0 Å². The first-order chi connectivity index (χ1) is 13.6. The average Bonchev–Trinajstić information content (AvgIpc) is 3.31. The molecule has 10 heteroatoms. The Balaban J connectivity index is 1.56. The van der Waals surface area contributed by atoms with Crippen LogP contribution in [0.1, 0.15) is 31.7 Å². The van der Waals surface area contributed by atoms with Crippen LogP contribution in [0.25, 0.3) is 11.2 Å². The molecule has 0 amide bonds. The number of aliphatic hydroxyl groups excluding tert-OH is 2. The molecule has 8 nitrogen and oxygen atoms in total. The largest absolute Gasteiger partial charge is 0.390 e. The second-order valence-electron chi connectivity index (χ2n) is 7.24. The minimum Gasteiger partial charge on any atom is -0.390 e. The van der Waals surface area contributed by atoms with Crippen molar-refractivity contribution in [2.24, 2.45) is 0 Å². The van der Waals surface area contributed by atoms with Gasteiger partial charge in [-0.05, 0) is 61.7 Å². The molecule has 0 aliphatic heterocycles. The molecule has 3 aromatic rings. The van der Waals surface area contributed by atoms with Gasteiger partial charge in [0.15, 0.2) is 22.1 Å². The van der Waals surface area contributed by atoms with E-state index in [1.54, 1.807) is 4.68 Å². The number of aliphatic hydroxyl groups is 2. The van der Waals surface area contributed by atoms with E-state index in [1.165, 1.54) is 11.8 Å². The van der Waals surface area contributed by atoms with E-state index in [-0.39, 0.29) is 6.04 Å². The quantitative estimate of drug-likeness (QED) is 0.542. The van der Waals surface area contributed by atoms with Gasteiger partial charge in [-0.1, -0.05) is 16.8 Å². The maximum Gasteiger partial charge on any atom is 0.196 e. The normalized spacial score (nSPS) is 24.8. The minimum atomic E-state index is -0.882. The number of rotatable bonds is 5. The molecule has 2 heterocycles. The van der Waals surface area contributed by atoms with Crippen molar-refractivity contribution in [1.82, 2.24) is 25.0 Å². The highest BCUT2D eigenvalue weighted by atomic mass is 35.5. The van der Waals surface area contributed by atoms with Gasteiger partial charge in [0, 0.05) is 16.0 Å². The van der Waals surface area contributed by atoms with Crippen molar-refractivity contribution in [1.29, 1.82) is 0 Å². The van der Waals surface area contributed by atoms with Crippen LogP contribution in [0.5, 0.6) is 0 Å². The topological polar surface area (TPSA) is 109 Å². The zero-order chi connectivity index (χ0) is 19.3. The van der Waals surface area contributed by atoms with Crippen LogP contribution < -0.4 is 5.32 Å². The molecule has 0 bridgehead atoms. The molecule has 1 aromatic carbocycles. The zero-order valence-corrected chi connectivity index (χ0v) is 16.4. The third kappa shape index (κ3) is 3.43. The highest BCUT2D eigenvalue weighted by Crippen LogP contribution is 2.35. The summed E-state index contributed by atoms with van der Waals surface area (Å²) in [5, 5.41) is 33.4. The SMILES string of the molecule is O[C@@H]1[C@H](O)CC[C@H]1n1nnc2c(NC3CC3)nc(Sc3ccc(Cl)cc3)nc21. The second kappa shape index (κ2) is 7.14. The monoisotopic (exact) mass is 418 g/mol. The van der Waals surface area contributed by atoms with Crippen LogP contribution in [0.15, 0.2) is 34.3 Å². The molecule has 0 saturated heterocycles. The minimum absolute atomic E-state index is 0.350. The lowest BCUT2D eigenvalue weighted by atomic mass is 10.2. The number of halogens is 1. The van der Waals surface area contributed by atoms with Gasteiger partial charge in [-0.2, -0.15) is 0 Å². The molecule has 3 atom stereocenters. The molecule has 2 aliphatic rings. The molecule has 0 unspecified atom stereocenters. The van der Waals surface area contributed by atoms with Crippen molar-refractivity contribution < 1.29 is 10.2 Å². The van der Waals surface area contributed by atoms with Gasteiger partial charge in [-0.25, -0.2) is 14.6 Å². The molecule has 3 N–H and O–H groups in total. The first kappa shape index (κ1) is 18.1. The van der Waals surface area contributed by atoms with Gasteiger partial charge < -0.3 is 15.5 Å². The number of aromatic nitrogens is 5. The number of nitrogens with one attached hydrogen (secondary N) is 1. The molecule has 146 valence electrons. The van der Waals surface area contributed by atoms with Crippen LogP contribution in [0.2, 0.25) is 5.02 Å². The zero-order valence-electron chi connectivity index (χ0n) is 14.9. The molecule has 2 aromatic heterocycles. The van der Waals surface area contributed by atoms with E-state index in [0.29, 0.717) is 46.0 Å². The Morgan fingerprint density at radius 3 is 2.54 bits per heavy atom. The van der Waals surface area contributed by atoms with E-state index in [2.05, 4.69) is 25.6 Å². The smallest absolute Gasteiger partial charge is 0.196 e. The Bertz CT molecular complexity index is 1010. The highest BCUT2D eigenvalue weighted by Gasteiger charge is 2.37. The maximum absolute atomic E-state index is 10.3. The maximum atomic E-state index is 10.3. The van der Waals surface area contributed by atoms with Crippen LogP contribution in [-0.2, 0) is 0 Å². The lowest BCUT2D eigenvalue weighted by molar-refractivity contribution is 0.0215. The van der Waals surface area contributed by atoms with Gasteiger partial charge in [-0.15, -0.1) is 5.10 Å². The molecule has 5 rings (SSSR count). The van der Waals surface area contributed by atoms with Gasteiger partial charge in [0.1, 0.15) is 6.10 Å². The van der Waals surface area contributed by atoms with Crippen LogP contribution >= 0.6 is 23.4 Å². The summed E-state index contributed by atoms with van der Waals surface area (Å²) in [5.41, 5.74) is 1.15. The lowest BCUT2D eigenvalue weighted by Gasteiger charge is -2.16. The molecule has 28 heavy (non-hydrogen) atoms. The first-order valence-electron chi connectivity index (χ1n) is 9.27. The molecule has 0 radical (unpaired) electrons. The van der Waals surface area contributed by atoms with E-state index in [4.69, 9.17) is 11.6 Å². The predicted octanol–water partition coefficient (Wildman–Crippen LogP) is 2.66. The van der Waals surface area contributed by atoms with Crippen LogP contribution in [0, 0.1) is 0 Å². The van der Waals surface area contributed by atoms with Crippen molar-refractivity contribution in [3.63, 3.8) is 0 Å². The number of benzene rings is 1. The molecule has 2 fully saturated rings. The van der Waals surface area contributed by atoms with Gasteiger partial charge >= 0.3 is 0 Å². The van der Waals surface area contributed by atoms with E-state index < -0.39 is 12.2 Å². The molecular formula is C18H19ClN6O2S. The Morgan fingerprint density at radius 1 is 1.07 bits per heavy atom. The van der Waals surface area contributed by atoms with Crippen LogP contribution in [0.3, 0.4) is 0 Å². The fourth-order valence-electron chi connectivity index (χ4n) is 3.42. The molecule has 2 aliphatic carbocycles. The summed E-state index contributed by atoms with van der Waals surface area (Å²) in [6.45, 7) is 0. The van der Waals surface area contributed by atoms with E-state index in [0.717, 1.165) is 17.7 Å². The van der Waals surface area contributed by atoms with Crippen molar-refractivity contribution in [2.75, 3.05) is 5.32 Å². The van der Waals surface area contributed by atoms with E-state index in [9.17, 15) is 10.2 Å². The number of fused-ring (bicyclic) bond motifs is 1. The van der Waals surface area contributed by atoms with Gasteiger partial charge in [0.2, 0.25) is 0 Å². The van der Waals surface area contributed by atoms with E-state index in [1.807, 2.05) is 24.3 Å². The predicted molar refractivity (Wildman–Crippen MR) is 106 cm³/mol. The van der Waals surface area contributed by atoms with Crippen molar-refractivity contribution in [2.45, 2.75) is 60.0 Å². The van der Waals surface area contributed by atoms with Gasteiger partial charge in [0.05, 0.1) is 12.1 Å². The Morgan fingerprint density at radius 2 is 1.86 bits per heavy atom. The van der Waals surface area contributed by atoms with Crippen LogP contribution in [-0.4, -0.2) is 53.4 Å². The standard InChI is InChI=1S/C18H19ClN6O2S/c19-9-1-5-11(6-2-9)28-18-21-16(20-10-3-4-10)14-17(22-18)25(24-23-14)12-7-8-13(26)15(12)27/h1-2,5-6,10,12-13,15,26-27H,3-4,7-8H2,(H,20,21,22)/t12-,13-,15+/m1/s1. The van der Waals surface area contributed by atoms with Crippen molar-refractivity contribution in [3.8, 4) is 0 Å². The molecule has 2 saturated carbocycles. The number of hydrogen-bond donors (Lipinski definition) is 3. The summed E-state index contributed by atoms with van der Waals surface area (Å²) in [5.74, 6) is 0.656.